The maximum atomic E-state index is 3.25. The first-order chi connectivity index (χ1) is 5.47. The van der Waals surface area contributed by atoms with Crippen LogP contribution in [-0.4, -0.2) is 24.0 Å². The van der Waals surface area contributed by atoms with Gasteiger partial charge in [-0.25, -0.2) is 0 Å². The zero-order valence-electron chi connectivity index (χ0n) is 6.79. The van der Waals surface area contributed by atoms with Crippen molar-refractivity contribution in [2.45, 2.75) is 25.3 Å². The molecule has 2 nitrogen and oxygen atoms in total. The molecule has 0 spiro atoms. The van der Waals surface area contributed by atoms with Gasteiger partial charge in [-0.2, -0.15) is 0 Å². The van der Waals surface area contributed by atoms with Crippen molar-refractivity contribution in [3.8, 4) is 0 Å². The second-order valence-corrected chi connectivity index (χ2v) is 3.26. The van der Waals surface area contributed by atoms with Crippen molar-refractivity contribution in [3.05, 3.63) is 18.8 Å². The first-order valence-electron chi connectivity index (χ1n) is 4.44. The van der Waals surface area contributed by atoms with E-state index in [1.54, 1.807) is 0 Å². The van der Waals surface area contributed by atoms with Gasteiger partial charge in [-0.15, -0.1) is 0 Å². The van der Waals surface area contributed by atoms with E-state index in [1.165, 1.54) is 25.8 Å². The third-order valence-corrected chi connectivity index (χ3v) is 2.48. The van der Waals surface area contributed by atoms with Gasteiger partial charge in [0, 0.05) is 19.1 Å². The quantitative estimate of drug-likeness (QED) is 0.565. The molecule has 0 saturated carbocycles. The highest BCUT2D eigenvalue weighted by atomic mass is 15.3. The van der Waals surface area contributed by atoms with Crippen LogP contribution in [0.15, 0.2) is 12.2 Å². The predicted molar refractivity (Wildman–Crippen MR) is 45.8 cm³/mol. The van der Waals surface area contributed by atoms with Gasteiger partial charge < -0.3 is 0 Å². The third-order valence-electron chi connectivity index (χ3n) is 2.48. The number of nitrogens with zero attached hydrogens (tertiary/aromatic N) is 1. The summed E-state index contributed by atoms with van der Waals surface area (Å²) >= 11 is 0. The van der Waals surface area contributed by atoms with E-state index in [1.807, 2.05) is 0 Å². The Morgan fingerprint density at radius 3 is 3.00 bits per heavy atom. The SMILES string of the molecule is [CH]1NCCN1[C@@H]1CC=CCC1. The lowest BCUT2D eigenvalue weighted by Gasteiger charge is -2.26. The van der Waals surface area contributed by atoms with Crippen LogP contribution < -0.4 is 5.32 Å². The Labute approximate surface area is 68.3 Å². The highest BCUT2D eigenvalue weighted by molar-refractivity contribution is 4.96. The van der Waals surface area contributed by atoms with Gasteiger partial charge in [-0.1, -0.05) is 12.2 Å². The van der Waals surface area contributed by atoms with Crippen LogP contribution in [0.5, 0.6) is 0 Å². The Bertz CT molecular complexity index is 148. The minimum atomic E-state index is 0.773. The standard InChI is InChI=1S/C9H15N2/c1-2-4-9(5-3-1)11-7-6-10-8-11/h1-2,8-10H,3-7H2/t9-/m1/s1. The normalized spacial score (nSPS) is 32.9. The van der Waals surface area contributed by atoms with Crippen molar-refractivity contribution in [1.82, 2.24) is 10.2 Å². The van der Waals surface area contributed by atoms with E-state index < -0.39 is 0 Å². The van der Waals surface area contributed by atoms with Crippen molar-refractivity contribution >= 4 is 0 Å². The molecule has 0 bridgehead atoms. The lowest BCUT2D eigenvalue weighted by Crippen LogP contribution is -2.31. The maximum absolute atomic E-state index is 3.25. The number of hydrogen-bond acceptors (Lipinski definition) is 2. The summed E-state index contributed by atoms with van der Waals surface area (Å²) in [6.45, 7) is 4.46. The number of allylic oxidation sites excluding steroid dienone is 1. The fraction of sp³-hybridized carbons (Fsp3) is 0.667. The monoisotopic (exact) mass is 151 g/mol. The smallest absolute Gasteiger partial charge is 0.0897 e. The molecule has 11 heavy (non-hydrogen) atoms. The van der Waals surface area contributed by atoms with Crippen LogP contribution >= 0.6 is 0 Å². The van der Waals surface area contributed by atoms with Crippen molar-refractivity contribution < 1.29 is 0 Å². The second-order valence-electron chi connectivity index (χ2n) is 3.26. The molecule has 0 aromatic carbocycles. The fourth-order valence-corrected chi connectivity index (χ4v) is 1.81. The number of nitrogens with one attached hydrogen (secondary N) is 1. The molecule has 1 aliphatic carbocycles. The summed E-state index contributed by atoms with van der Waals surface area (Å²) in [4.78, 5) is 2.43. The van der Waals surface area contributed by atoms with Crippen molar-refractivity contribution in [3.63, 3.8) is 0 Å². The Morgan fingerprint density at radius 1 is 1.36 bits per heavy atom. The summed E-state index contributed by atoms with van der Waals surface area (Å²) in [6.07, 6.45) is 8.42. The minimum Gasteiger partial charge on any atom is -0.298 e. The van der Waals surface area contributed by atoms with Gasteiger partial charge in [0.05, 0.1) is 6.67 Å². The van der Waals surface area contributed by atoms with Crippen molar-refractivity contribution in [2.24, 2.45) is 0 Å². The molecule has 0 aromatic rings. The lowest BCUT2D eigenvalue weighted by molar-refractivity contribution is 0.263. The summed E-state index contributed by atoms with van der Waals surface area (Å²) in [5.41, 5.74) is 0. The average Bonchev–Trinajstić information content (AvgIpc) is 2.58. The van der Waals surface area contributed by atoms with Gasteiger partial charge in [0.15, 0.2) is 0 Å². The molecule has 0 amide bonds. The summed E-state index contributed by atoms with van der Waals surface area (Å²) < 4.78 is 0. The fourth-order valence-electron chi connectivity index (χ4n) is 1.81. The number of rotatable bonds is 1. The first-order valence-corrected chi connectivity index (χ1v) is 4.44. The van der Waals surface area contributed by atoms with Gasteiger partial charge in [-0.3, -0.25) is 10.2 Å². The van der Waals surface area contributed by atoms with Gasteiger partial charge in [0.2, 0.25) is 0 Å². The van der Waals surface area contributed by atoms with E-state index in [2.05, 4.69) is 29.0 Å². The van der Waals surface area contributed by atoms with E-state index in [0.29, 0.717) is 0 Å². The Balaban J connectivity index is 1.88. The van der Waals surface area contributed by atoms with Crippen LogP contribution in [0.4, 0.5) is 0 Å². The Morgan fingerprint density at radius 2 is 2.36 bits per heavy atom. The second kappa shape index (κ2) is 3.37. The molecule has 2 heteroatoms. The molecule has 1 radical (unpaired) electrons. The molecule has 1 N–H and O–H groups in total. The molecule has 1 atom stereocenters. The van der Waals surface area contributed by atoms with E-state index in [9.17, 15) is 0 Å². The van der Waals surface area contributed by atoms with Gasteiger partial charge >= 0.3 is 0 Å². The summed E-state index contributed by atoms with van der Waals surface area (Å²) in [5.74, 6) is 0. The molecule has 0 aromatic heterocycles. The molecule has 1 fully saturated rings. The average molecular weight is 151 g/mol. The van der Waals surface area contributed by atoms with Crippen LogP contribution in [0.1, 0.15) is 19.3 Å². The minimum absolute atomic E-state index is 0.773. The van der Waals surface area contributed by atoms with Crippen LogP contribution in [0.3, 0.4) is 0 Å². The summed E-state index contributed by atoms with van der Waals surface area (Å²) in [5, 5.41) is 3.25. The highest BCUT2D eigenvalue weighted by Crippen LogP contribution is 2.18. The molecule has 1 saturated heterocycles. The van der Waals surface area contributed by atoms with Crippen LogP contribution in [-0.2, 0) is 0 Å². The predicted octanol–water partition coefficient (Wildman–Crippen LogP) is 1.12. The van der Waals surface area contributed by atoms with Crippen LogP contribution in [0.25, 0.3) is 0 Å². The zero-order chi connectivity index (χ0) is 7.52. The molecule has 0 unspecified atom stereocenters. The summed E-state index contributed by atoms with van der Waals surface area (Å²) in [7, 11) is 0. The third kappa shape index (κ3) is 1.63. The van der Waals surface area contributed by atoms with Crippen molar-refractivity contribution in [2.75, 3.05) is 13.1 Å². The molecular weight excluding hydrogens is 136 g/mol. The summed E-state index contributed by atoms with van der Waals surface area (Å²) in [6, 6.07) is 0.773. The largest absolute Gasteiger partial charge is 0.298 e. The number of hydrogen-bond donors (Lipinski definition) is 1. The molecular formula is C9H15N2. The van der Waals surface area contributed by atoms with E-state index in [-0.39, 0.29) is 0 Å². The molecule has 61 valence electrons. The van der Waals surface area contributed by atoms with Gasteiger partial charge in [0.1, 0.15) is 0 Å². The van der Waals surface area contributed by atoms with Gasteiger partial charge in [0.25, 0.3) is 0 Å². The first kappa shape index (κ1) is 7.32. The molecule has 2 aliphatic rings. The van der Waals surface area contributed by atoms with Gasteiger partial charge in [-0.05, 0) is 19.3 Å². The van der Waals surface area contributed by atoms with E-state index in [0.717, 1.165) is 12.6 Å². The zero-order valence-corrected chi connectivity index (χ0v) is 6.79. The van der Waals surface area contributed by atoms with Crippen LogP contribution in [0, 0.1) is 6.67 Å². The van der Waals surface area contributed by atoms with E-state index in [4.69, 9.17) is 0 Å². The molecule has 2 rings (SSSR count). The molecule has 1 heterocycles. The van der Waals surface area contributed by atoms with E-state index >= 15 is 0 Å². The topological polar surface area (TPSA) is 15.3 Å². The Kier molecular flexibility index (Phi) is 2.24. The lowest BCUT2D eigenvalue weighted by atomic mass is 10.0. The van der Waals surface area contributed by atoms with Crippen LogP contribution in [0.2, 0.25) is 0 Å². The Hall–Kier alpha value is -0.340. The van der Waals surface area contributed by atoms with Crippen molar-refractivity contribution in [1.29, 1.82) is 0 Å². The maximum Gasteiger partial charge on any atom is 0.0897 e. The highest BCUT2D eigenvalue weighted by Gasteiger charge is 2.21. The molecule has 1 aliphatic heterocycles.